The van der Waals surface area contributed by atoms with Crippen LogP contribution in [-0.2, 0) is 9.53 Å². The van der Waals surface area contributed by atoms with E-state index in [1.54, 1.807) is 0 Å². The molecule has 3 rings (SSSR count). The highest BCUT2D eigenvalue weighted by Crippen LogP contribution is 2.69. The molecule has 2 bridgehead atoms. The molecule has 3 fully saturated rings. The summed E-state index contributed by atoms with van der Waals surface area (Å²) in [5, 5.41) is 0. The number of esters is 1. The molecule has 0 aliphatic heterocycles. The van der Waals surface area contributed by atoms with E-state index < -0.39 is 0 Å². The summed E-state index contributed by atoms with van der Waals surface area (Å²) in [7, 11) is 2.29. The Morgan fingerprint density at radius 3 is 1.98 bits per heavy atom. The normalized spacial score (nSPS) is 24.8. The minimum absolute atomic E-state index is 0.0402. The van der Waals surface area contributed by atoms with Gasteiger partial charge in [-0.05, 0) is 128 Å². The summed E-state index contributed by atoms with van der Waals surface area (Å²) in [5.74, 6) is 5.38. The first kappa shape index (κ1) is 36.6. The van der Waals surface area contributed by atoms with Crippen LogP contribution in [-0.4, -0.2) is 36.6 Å². The van der Waals surface area contributed by atoms with Crippen LogP contribution in [0.2, 0.25) is 0 Å². The Morgan fingerprint density at radius 2 is 1.35 bits per heavy atom. The van der Waals surface area contributed by atoms with Crippen molar-refractivity contribution in [2.75, 3.05) is 20.1 Å². The number of fused-ring (bicyclic) bond motifs is 5. The molecule has 0 aromatic heterocycles. The number of ether oxygens (including phenoxy) is 1. The number of nitrogens with zero attached hydrogens (tertiary/aromatic N) is 1. The van der Waals surface area contributed by atoms with E-state index in [0.29, 0.717) is 12.3 Å². The van der Waals surface area contributed by atoms with E-state index in [1.165, 1.54) is 147 Å². The average molecular weight is 600 g/mol. The average Bonchev–Trinajstić information content (AvgIpc) is 3.56. The topological polar surface area (TPSA) is 29.5 Å². The third-order valence-corrected chi connectivity index (χ3v) is 11.9. The van der Waals surface area contributed by atoms with Gasteiger partial charge in [0.1, 0.15) is 5.60 Å². The molecule has 0 heterocycles. The van der Waals surface area contributed by atoms with Gasteiger partial charge in [0.2, 0.25) is 0 Å². The van der Waals surface area contributed by atoms with Crippen LogP contribution in [0.25, 0.3) is 0 Å². The summed E-state index contributed by atoms with van der Waals surface area (Å²) >= 11 is 0. The molecule has 0 N–H and O–H groups in total. The molecule has 0 saturated heterocycles. The Labute approximate surface area is 268 Å². The van der Waals surface area contributed by atoms with Crippen LogP contribution in [0.15, 0.2) is 12.2 Å². The summed E-state index contributed by atoms with van der Waals surface area (Å²) in [6.07, 6.45) is 29.7. The maximum atomic E-state index is 12.6. The van der Waals surface area contributed by atoms with Crippen molar-refractivity contribution in [1.82, 2.24) is 4.90 Å². The third-order valence-electron chi connectivity index (χ3n) is 11.9. The summed E-state index contributed by atoms with van der Waals surface area (Å²) in [4.78, 5) is 15.1. The van der Waals surface area contributed by atoms with Crippen molar-refractivity contribution in [3.05, 3.63) is 12.2 Å². The van der Waals surface area contributed by atoms with Crippen molar-refractivity contribution in [2.24, 2.45) is 35.5 Å². The molecule has 3 aliphatic carbocycles. The predicted molar refractivity (Wildman–Crippen MR) is 185 cm³/mol. The van der Waals surface area contributed by atoms with Crippen molar-refractivity contribution in [1.29, 1.82) is 0 Å². The summed E-state index contributed by atoms with van der Waals surface area (Å²) in [6, 6.07) is 0. The molecule has 3 heteroatoms. The second kappa shape index (κ2) is 19.6. The van der Waals surface area contributed by atoms with E-state index >= 15 is 0 Å². The van der Waals surface area contributed by atoms with Gasteiger partial charge in [0, 0.05) is 12.3 Å². The van der Waals surface area contributed by atoms with Crippen LogP contribution in [0, 0.1) is 35.5 Å². The fraction of sp³-hybridized carbons (Fsp3) is 0.925. The standard InChI is InChI=1S/C40H73NO2/c1-7-9-16-24-33(8-2)25-21-23-32(3)22-17-12-10-14-19-27-41(6)28-20-15-11-13-18-26-39(42)43-40(4,5)38-30-34-29-37(38)36-31-35(34)36/h33-38H,3,7-31H2,1-2,4-6H3. The van der Waals surface area contributed by atoms with E-state index in [4.69, 9.17) is 4.74 Å². The molecule has 0 spiro atoms. The minimum Gasteiger partial charge on any atom is -0.459 e. The first-order chi connectivity index (χ1) is 20.7. The van der Waals surface area contributed by atoms with Crippen LogP contribution in [0.4, 0.5) is 0 Å². The Kier molecular flexibility index (Phi) is 16.7. The van der Waals surface area contributed by atoms with Crippen LogP contribution >= 0.6 is 0 Å². The van der Waals surface area contributed by atoms with Gasteiger partial charge in [-0.15, -0.1) is 0 Å². The summed E-state index contributed by atoms with van der Waals surface area (Å²) < 4.78 is 6.07. The molecular formula is C40H73NO2. The lowest BCUT2D eigenvalue weighted by Gasteiger charge is -2.36. The highest BCUT2D eigenvalue weighted by Gasteiger charge is 2.63. The second-order valence-electron chi connectivity index (χ2n) is 15.9. The molecule has 3 saturated carbocycles. The van der Waals surface area contributed by atoms with Crippen molar-refractivity contribution < 1.29 is 9.53 Å². The molecule has 6 unspecified atom stereocenters. The van der Waals surface area contributed by atoms with Crippen molar-refractivity contribution in [3.63, 3.8) is 0 Å². The van der Waals surface area contributed by atoms with E-state index in [1.807, 2.05) is 0 Å². The molecule has 6 atom stereocenters. The number of rotatable bonds is 27. The highest BCUT2D eigenvalue weighted by atomic mass is 16.6. The highest BCUT2D eigenvalue weighted by molar-refractivity contribution is 5.69. The Hall–Kier alpha value is -0.830. The first-order valence-corrected chi connectivity index (χ1v) is 19.3. The van der Waals surface area contributed by atoms with Crippen molar-refractivity contribution >= 4 is 5.97 Å². The predicted octanol–water partition coefficient (Wildman–Crippen LogP) is 11.5. The number of allylic oxidation sites excluding steroid dienone is 1. The zero-order chi connectivity index (χ0) is 31.1. The molecule has 0 aromatic rings. The maximum Gasteiger partial charge on any atom is 0.306 e. The van der Waals surface area contributed by atoms with E-state index in [-0.39, 0.29) is 11.6 Å². The Bertz CT molecular complexity index is 789. The lowest BCUT2D eigenvalue weighted by atomic mass is 9.78. The van der Waals surface area contributed by atoms with Crippen LogP contribution in [0.3, 0.4) is 0 Å². The van der Waals surface area contributed by atoms with Crippen LogP contribution in [0.1, 0.15) is 175 Å². The van der Waals surface area contributed by atoms with Gasteiger partial charge in [0.05, 0.1) is 0 Å². The summed E-state index contributed by atoms with van der Waals surface area (Å²) in [5.41, 5.74) is 1.23. The fourth-order valence-corrected chi connectivity index (χ4v) is 9.00. The van der Waals surface area contributed by atoms with Crippen LogP contribution in [0.5, 0.6) is 0 Å². The lowest BCUT2D eigenvalue weighted by molar-refractivity contribution is -0.164. The fourth-order valence-electron chi connectivity index (χ4n) is 9.00. The third kappa shape index (κ3) is 13.2. The minimum atomic E-state index is -0.269. The Morgan fingerprint density at radius 1 is 0.744 bits per heavy atom. The largest absolute Gasteiger partial charge is 0.459 e. The van der Waals surface area contributed by atoms with Gasteiger partial charge in [-0.1, -0.05) is 103 Å². The number of unbranched alkanes of at least 4 members (excludes halogenated alkanes) is 10. The van der Waals surface area contributed by atoms with Crippen LogP contribution < -0.4 is 0 Å². The first-order valence-electron chi connectivity index (χ1n) is 19.3. The van der Waals surface area contributed by atoms with Crippen molar-refractivity contribution in [3.8, 4) is 0 Å². The molecule has 3 aliphatic rings. The molecule has 250 valence electrons. The van der Waals surface area contributed by atoms with Crippen molar-refractivity contribution in [2.45, 2.75) is 181 Å². The molecule has 43 heavy (non-hydrogen) atoms. The van der Waals surface area contributed by atoms with Gasteiger partial charge in [0.25, 0.3) is 0 Å². The van der Waals surface area contributed by atoms with E-state index in [2.05, 4.69) is 46.2 Å². The van der Waals surface area contributed by atoms with E-state index in [9.17, 15) is 4.79 Å². The zero-order valence-corrected chi connectivity index (χ0v) is 29.6. The van der Waals surface area contributed by atoms with Gasteiger partial charge in [-0.25, -0.2) is 0 Å². The lowest BCUT2D eigenvalue weighted by Crippen LogP contribution is -2.40. The SMILES string of the molecule is C=C(CCCCCCCN(C)CCCCCCCC(=O)OC(C)(C)C1CC2CC1C1CC21)CCCC(CC)CCCCC. The molecular weight excluding hydrogens is 526 g/mol. The molecule has 0 amide bonds. The van der Waals surface area contributed by atoms with E-state index in [0.717, 1.165) is 42.4 Å². The zero-order valence-electron chi connectivity index (χ0n) is 29.6. The molecule has 0 aromatic carbocycles. The quantitative estimate of drug-likeness (QED) is 0.0534. The van der Waals surface area contributed by atoms with Gasteiger partial charge in [0.15, 0.2) is 0 Å². The Balaban J connectivity index is 1.06. The van der Waals surface area contributed by atoms with Gasteiger partial charge >= 0.3 is 5.97 Å². The van der Waals surface area contributed by atoms with Gasteiger partial charge < -0.3 is 9.64 Å². The second-order valence-corrected chi connectivity index (χ2v) is 15.9. The van der Waals surface area contributed by atoms with Gasteiger partial charge in [-0.2, -0.15) is 0 Å². The molecule has 0 radical (unpaired) electrons. The number of carbonyl (C=O) groups excluding carboxylic acids is 1. The monoisotopic (exact) mass is 600 g/mol. The summed E-state index contributed by atoms with van der Waals surface area (Å²) in [6.45, 7) is 15.9. The maximum absolute atomic E-state index is 12.6. The number of hydrogen-bond donors (Lipinski definition) is 0. The number of carbonyl (C=O) groups is 1. The smallest absolute Gasteiger partial charge is 0.306 e. The van der Waals surface area contributed by atoms with Gasteiger partial charge in [-0.3, -0.25) is 4.79 Å². The number of hydrogen-bond acceptors (Lipinski definition) is 3. The molecule has 3 nitrogen and oxygen atoms in total.